The number of nitrogens with one attached hydrogen (secondary N) is 1. The van der Waals surface area contributed by atoms with Crippen LogP contribution in [0.1, 0.15) is 21.9 Å². The third-order valence-corrected chi connectivity index (χ3v) is 2.91. The van der Waals surface area contributed by atoms with Crippen LogP contribution in [0.15, 0.2) is 24.3 Å². The summed E-state index contributed by atoms with van der Waals surface area (Å²) in [6, 6.07) is 1.96. The smallest absolute Gasteiger partial charge is 0.433 e. The molecule has 0 saturated heterocycles. The summed E-state index contributed by atoms with van der Waals surface area (Å²) in [7, 11) is 1.19. The molecule has 128 valence electrons. The van der Waals surface area contributed by atoms with Crippen molar-refractivity contribution in [2.45, 2.75) is 13.1 Å². The van der Waals surface area contributed by atoms with Gasteiger partial charge < -0.3 is 10.1 Å². The summed E-state index contributed by atoms with van der Waals surface area (Å²) in [4.78, 5) is 26.7. The molecule has 24 heavy (non-hydrogen) atoms. The molecule has 0 fully saturated rings. The first-order valence-electron chi connectivity index (χ1n) is 6.69. The van der Waals surface area contributed by atoms with Gasteiger partial charge in [-0.2, -0.15) is 18.3 Å². The predicted octanol–water partition coefficient (Wildman–Crippen LogP) is 1.52. The van der Waals surface area contributed by atoms with Gasteiger partial charge in [-0.25, -0.2) is 14.3 Å². The lowest BCUT2D eigenvalue weighted by atomic mass is 10.3. The highest BCUT2D eigenvalue weighted by atomic mass is 19.4. The lowest BCUT2D eigenvalue weighted by Crippen LogP contribution is -2.26. The fourth-order valence-electron chi connectivity index (χ4n) is 1.87. The molecule has 10 heteroatoms. The van der Waals surface area contributed by atoms with Gasteiger partial charge in [0.25, 0.3) is 5.91 Å². The number of aromatic nitrogens is 3. The van der Waals surface area contributed by atoms with Crippen LogP contribution in [-0.4, -0.2) is 40.1 Å². The summed E-state index contributed by atoms with van der Waals surface area (Å²) < 4.78 is 44.4. The molecule has 0 aliphatic rings. The minimum atomic E-state index is -4.69. The van der Waals surface area contributed by atoms with E-state index in [1.165, 1.54) is 26.2 Å². The van der Waals surface area contributed by atoms with Gasteiger partial charge in [0.05, 0.1) is 12.8 Å². The Balaban J connectivity index is 2.27. The van der Waals surface area contributed by atoms with Crippen molar-refractivity contribution in [3.63, 3.8) is 0 Å². The maximum atomic E-state index is 13.1. The Labute approximate surface area is 134 Å². The highest BCUT2D eigenvalue weighted by molar-refractivity contribution is 5.93. The lowest BCUT2D eigenvalue weighted by molar-refractivity contribution is -0.142. The zero-order valence-electron chi connectivity index (χ0n) is 12.7. The van der Waals surface area contributed by atoms with Crippen molar-refractivity contribution in [3.8, 4) is 0 Å². The summed E-state index contributed by atoms with van der Waals surface area (Å²) in [5, 5.41) is 6.06. The number of amides is 1. The van der Waals surface area contributed by atoms with Crippen molar-refractivity contribution >= 4 is 17.5 Å². The number of hydrogen-bond donors (Lipinski definition) is 1. The van der Waals surface area contributed by atoms with Crippen LogP contribution in [0.4, 0.5) is 13.2 Å². The molecule has 2 aromatic rings. The number of hydrogen-bond acceptors (Lipinski definition) is 5. The molecule has 0 aliphatic heterocycles. The SMILES string of the molecule is COC(=O)/C=C/CNC(=O)c1cc(C(F)(F)F)n2nc(C)cc2n1. The maximum Gasteiger partial charge on any atom is 0.433 e. The van der Waals surface area contributed by atoms with Crippen LogP contribution in [0.3, 0.4) is 0 Å². The van der Waals surface area contributed by atoms with E-state index in [1.807, 2.05) is 0 Å². The van der Waals surface area contributed by atoms with E-state index >= 15 is 0 Å². The molecule has 2 aromatic heterocycles. The number of aryl methyl sites for hydroxylation is 1. The Kier molecular flexibility index (Phi) is 4.86. The lowest BCUT2D eigenvalue weighted by Gasteiger charge is -2.10. The van der Waals surface area contributed by atoms with Gasteiger partial charge in [-0.05, 0) is 6.92 Å². The monoisotopic (exact) mass is 342 g/mol. The van der Waals surface area contributed by atoms with Gasteiger partial charge in [-0.3, -0.25) is 4.79 Å². The van der Waals surface area contributed by atoms with Crippen LogP contribution in [0.2, 0.25) is 0 Å². The second kappa shape index (κ2) is 6.69. The minimum absolute atomic E-state index is 0.0690. The van der Waals surface area contributed by atoms with Crippen molar-refractivity contribution < 1.29 is 27.5 Å². The number of methoxy groups -OCH3 is 1. The molecule has 0 aromatic carbocycles. The second-order valence-electron chi connectivity index (χ2n) is 4.72. The normalized spacial score (nSPS) is 11.9. The first-order chi connectivity index (χ1) is 11.2. The number of alkyl halides is 3. The molecule has 0 aliphatic carbocycles. The first-order valence-corrected chi connectivity index (χ1v) is 6.69. The van der Waals surface area contributed by atoms with Crippen LogP contribution < -0.4 is 5.32 Å². The summed E-state index contributed by atoms with van der Waals surface area (Å²) in [5.41, 5.74) is -1.25. The number of fused-ring (bicyclic) bond motifs is 1. The molecular formula is C14H13F3N4O3. The summed E-state index contributed by atoms with van der Waals surface area (Å²) >= 11 is 0. The Hall–Kier alpha value is -2.91. The van der Waals surface area contributed by atoms with E-state index in [9.17, 15) is 22.8 Å². The Morgan fingerprint density at radius 3 is 2.71 bits per heavy atom. The van der Waals surface area contributed by atoms with E-state index in [-0.39, 0.29) is 12.2 Å². The molecule has 0 saturated carbocycles. The summed E-state index contributed by atoms with van der Waals surface area (Å²) in [6.45, 7) is 1.45. The number of halogens is 3. The van der Waals surface area contributed by atoms with Gasteiger partial charge in [0.1, 0.15) is 5.69 Å². The topological polar surface area (TPSA) is 85.6 Å². The number of carbonyl (C=O) groups excluding carboxylic acids is 2. The summed E-state index contributed by atoms with van der Waals surface area (Å²) in [5.74, 6) is -1.42. The number of esters is 1. The first kappa shape index (κ1) is 17.4. The third-order valence-electron chi connectivity index (χ3n) is 2.91. The average molecular weight is 342 g/mol. The van der Waals surface area contributed by atoms with Crippen LogP contribution >= 0.6 is 0 Å². The molecule has 0 atom stereocenters. The summed E-state index contributed by atoms with van der Waals surface area (Å²) in [6.07, 6.45) is -2.31. The molecule has 2 rings (SSSR count). The zero-order valence-corrected chi connectivity index (χ0v) is 12.7. The van der Waals surface area contributed by atoms with Gasteiger partial charge in [-0.15, -0.1) is 0 Å². The predicted molar refractivity (Wildman–Crippen MR) is 76.2 cm³/mol. The van der Waals surface area contributed by atoms with E-state index < -0.39 is 29.4 Å². The third kappa shape index (κ3) is 3.89. The van der Waals surface area contributed by atoms with E-state index in [0.29, 0.717) is 16.3 Å². The molecule has 1 amide bonds. The van der Waals surface area contributed by atoms with E-state index in [0.717, 1.165) is 6.08 Å². The van der Waals surface area contributed by atoms with Crippen LogP contribution in [0.25, 0.3) is 5.65 Å². The minimum Gasteiger partial charge on any atom is -0.466 e. The quantitative estimate of drug-likeness (QED) is 0.672. The largest absolute Gasteiger partial charge is 0.466 e. The number of nitrogens with zero attached hydrogens (tertiary/aromatic N) is 3. The Morgan fingerprint density at radius 2 is 2.08 bits per heavy atom. The van der Waals surface area contributed by atoms with Crippen LogP contribution in [-0.2, 0) is 15.7 Å². The second-order valence-corrected chi connectivity index (χ2v) is 4.72. The molecule has 0 unspecified atom stereocenters. The Bertz CT molecular complexity index is 811. The van der Waals surface area contributed by atoms with Crippen molar-refractivity contribution in [1.82, 2.24) is 19.9 Å². The number of rotatable bonds is 4. The standard InChI is InChI=1S/C14H13F3N4O3/c1-8-6-11-19-9(7-10(14(15,16)17)21(11)20-8)13(23)18-5-3-4-12(22)24-2/h3-4,6-7H,5H2,1-2H3,(H,18,23)/b4-3+. The van der Waals surface area contributed by atoms with Crippen molar-refractivity contribution in [2.75, 3.05) is 13.7 Å². The van der Waals surface area contributed by atoms with Crippen molar-refractivity contribution in [2.24, 2.45) is 0 Å². The highest BCUT2D eigenvalue weighted by Gasteiger charge is 2.35. The van der Waals surface area contributed by atoms with Crippen molar-refractivity contribution in [3.05, 3.63) is 41.4 Å². The number of ether oxygens (including phenoxy) is 1. The van der Waals surface area contributed by atoms with Crippen LogP contribution in [0.5, 0.6) is 0 Å². The molecule has 7 nitrogen and oxygen atoms in total. The van der Waals surface area contributed by atoms with Gasteiger partial charge in [-0.1, -0.05) is 6.08 Å². The van der Waals surface area contributed by atoms with E-state index in [4.69, 9.17) is 0 Å². The zero-order chi connectivity index (χ0) is 17.9. The fraction of sp³-hybridized carbons (Fsp3) is 0.286. The van der Waals surface area contributed by atoms with Crippen molar-refractivity contribution in [1.29, 1.82) is 0 Å². The highest BCUT2D eigenvalue weighted by Crippen LogP contribution is 2.29. The van der Waals surface area contributed by atoms with Gasteiger partial charge in [0.15, 0.2) is 11.3 Å². The van der Waals surface area contributed by atoms with Crippen LogP contribution in [0, 0.1) is 6.92 Å². The van der Waals surface area contributed by atoms with E-state index in [2.05, 4.69) is 20.1 Å². The Morgan fingerprint density at radius 1 is 1.38 bits per heavy atom. The molecule has 0 spiro atoms. The molecular weight excluding hydrogens is 329 g/mol. The average Bonchev–Trinajstić information content (AvgIpc) is 2.88. The molecule has 2 heterocycles. The van der Waals surface area contributed by atoms with Gasteiger partial charge in [0.2, 0.25) is 0 Å². The van der Waals surface area contributed by atoms with Gasteiger partial charge in [0, 0.05) is 24.8 Å². The van der Waals surface area contributed by atoms with E-state index in [1.54, 1.807) is 0 Å². The maximum absolute atomic E-state index is 13.1. The fourth-order valence-corrected chi connectivity index (χ4v) is 1.87. The molecule has 0 bridgehead atoms. The van der Waals surface area contributed by atoms with Gasteiger partial charge >= 0.3 is 12.1 Å². The number of carbonyl (C=O) groups is 2. The molecule has 1 N–H and O–H groups in total. The molecule has 0 radical (unpaired) electrons.